The second-order valence-corrected chi connectivity index (χ2v) is 10.3. The highest BCUT2D eigenvalue weighted by atomic mass is 16.5. The van der Waals surface area contributed by atoms with Crippen LogP contribution in [0.15, 0.2) is 35.4 Å². The molecule has 4 saturated carbocycles. The van der Waals surface area contributed by atoms with E-state index < -0.39 is 6.04 Å². The molecule has 1 heterocycles. The minimum Gasteiger partial charge on any atom is -0.370 e. The molecule has 0 spiro atoms. The Bertz CT molecular complexity index is 939. The van der Waals surface area contributed by atoms with Gasteiger partial charge in [0.15, 0.2) is 0 Å². The molecule has 5 aliphatic rings. The predicted octanol–water partition coefficient (Wildman–Crippen LogP) is 3.69. The molecule has 8 heteroatoms. The number of rotatable bonds is 7. The molecule has 4 bridgehead atoms. The monoisotopic (exact) mass is 434 g/mol. The maximum absolute atomic E-state index is 13.0. The zero-order chi connectivity index (χ0) is 22.2. The maximum Gasteiger partial charge on any atom is 0.237 e. The van der Waals surface area contributed by atoms with Gasteiger partial charge >= 0.3 is 0 Å². The second-order valence-electron chi connectivity index (χ2n) is 10.3. The average molecular weight is 435 g/mol. The van der Waals surface area contributed by atoms with Crippen molar-refractivity contribution in [1.82, 2.24) is 10.2 Å². The molecule has 1 aliphatic heterocycles. The highest BCUT2D eigenvalue weighted by Crippen LogP contribution is 2.59. The lowest BCUT2D eigenvalue weighted by Crippen LogP contribution is -2.66. The van der Waals surface area contributed by atoms with Crippen LogP contribution in [0, 0.1) is 23.2 Å². The summed E-state index contributed by atoms with van der Waals surface area (Å²) in [5.41, 5.74) is 9.73. The lowest BCUT2D eigenvalue weighted by atomic mass is 9.51. The second kappa shape index (κ2) is 8.40. The summed E-state index contributed by atoms with van der Waals surface area (Å²) in [6.07, 6.45) is 7.04. The fourth-order valence-electron chi connectivity index (χ4n) is 7.10. The lowest BCUT2D eigenvalue weighted by Gasteiger charge is -2.62. The molecule has 5 fully saturated rings. The van der Waals surface area contributed by atoms with Gasteiger partial charge in [-0.2, -0.15) is 5.26 Å². The largest absolute Gasteiger partial charge is 0.370 e. The van der Waals surface area contributed by atoms with E-state index in [-0.39, 0.29) is 29.6 Å². The van der Waals surface area contributed by atoms with Gasteiger partial charge in [-0.15, -0.1) is 0 Å². The Balaban J connectivity index is 1.24. The third kappa shape index (κ3) is 4.09. The van der Waals surface area contributed by atoms with E-state index in [0.717, 1.165) is 32.1 Å². The summed E-state index contributed by atoms with van der Waals surface area (Å²) in [6, 6.07) is 11.7. The van der Waals surface area contributed by atoms with Crippen molar-refractivity contribution in [2.75, 3.05) is 13.1 Å². The van der Waals surface area contributed by atoms with E-state index in [4.69, 9.17) is 10.3 Å². The van der Waals surface area contributed by atoms with Crippen molar-refractivity contribution in [3.8, 4) is 6.07 Å². The molecule has 8 nitrogen and oxygen atoms in total. The molecule has 2 unspecified atom stereocenters. The van der Waals surface area contributed by atoms with Crippen LogP contribution in [0.4, 0.5) is 0 Å². The molecule has 1 saturated heterocycles. The van der Waals surface area contributed by atoms with Crippen LogP contribution in [-0.4, -0.2) is 47.1 Å². The smallest absolute Gasteiger partial charge is 0.237 e. The number of carbonyl (C=O) groups excluding carboxylic acids is 1. The number of amides is 1. The number of nitrogens with zero attached hydrogens (tertiary/aromatic N) is 5. The first-order chi connectivity index (χ1) is 15.5. The van der Waals surface area contributed by atoms with E-state index >= 15 is 0 Å². The summed E-state index contributed by atoms with van der Waals surface area (Å²) in [7, 11) is 0. The third-order valence-electron chi connectivity index (χ3n) is 7.97. The summed E-state index contributed by atoms with van der Waals surface area (Å²) >= 11 is 0. The van der Waals surface area contributed by atoms with Crippen molar-refractivity contribution in [2.24, 2.45) is 17.0 Å². The van der Waals surface area contributed by atoms with E-state index in [0.29, 0.717) is 31.4 Å². The lowest BCUT2D eigenvalue weighted by molar-refractivity contribution is -0.182. The Hall–Kier alpha value is -2.59. The molecule has 4 aliphatic carbocycles. The van der Waals surface area contributed by atoms with Crippen LogP contribution in [0.2, 0.25) is 0 Å². The molecule has 6 rings (SSSR count). The van der Waals surface area contributed by atoms with Crippen LogP contribution >= 0.6 is 0 Å². The Morgan fingerprint density at radius 1 is 1.25 bits per heavy atom. The Morgan fingerprint density at radius 3 is 2.69 bits per heavy atom. The molecule has 1 aromatic rings. The maximum atomic E-state index is 13.0. The molecule has 1 N–H and O–H groups in total. The van der Waals surface area contributed by atoms with Gasteiger partial charge in [0.05, 0.1) is 30.9 Å². The molecule has 1 amide bonds. The highest BCUT2D eigenvalue weighted by Gasteiger charge is 2.58. The Kier molecular flexibility index (Phi) is 5.58. The van der Waals surface area contributed by atoms with E-state index in [1.807, 2.05) is 18.2 Å². The van der Waals surface area contributed by atoms with Crippen molar-refractivity contribution < 1.29 is 9.53 Å². The number of hydrogen-bond acceptors (Lipinski definition) is 5. The van der Waals surface area contributed by atoms with Gasteiger partial charge in [-0.25, -0.2) is 0 Å². The number of azide groups is 1. The summed E-state index contributed by atoms with van der Waals surface area (Å²) in [5, 5.41) is 16.8. The van der Waals surface area contributed by atoms with Gasteiger partial charge in [-0.1, -0.05) is 35.4 Å². The van der Waals surface area contributed by atoms with E-state index in [2.05, 4.69) is 33.5 Å². The van der Waals surface area contributed by atoms with Crippen LogP contribution in [0.1, 0.15) is 50.5 Å². The highest BCUT2D eigenvalue weighted by molar-refractivity contribution is 5.79. The molecular formula is C24H30N6O2. The number of nitrogens with one attached hydrogen (secondary N) is 1. The van der Waals surface area contributed by atoms with Crippen molar-refractivity contribution in [1.29, 1.82) is 5.26 Å². The molecule has 168 valence electrons. The zero-order valence-electron chi connectivity index (χ0n) is 18.3. The standard InChI is InChI=1S/C24H30N6O2/c25-12-21-7-20(28-29-26)14-30(21)22(31)13-27-23-8-18-6-19(9-23)11-24(10-18,16-23)32-15-17-4-2-1-3-5-17/h1-5,18-21,27H,6-11,13-16H2/t18?,19?,20-,21-,23?,24?/m0/s1. The van der Waals surface area contributed by atoms with Crippen LogP contribution in [0.5, 0.6) is 0 Å². The average Bonchev–Trinajstić information content (AvgIpc) is 3.19. The van der Waals surface area contributed by atoms with E-state index in [1.54, 1.807) is 4.90 Å². The number of carbonyl (C=O) groups is 1. The van der Waals surface area contributed by atoms with Crippen molar-refractivity contribution in [3.05, 3.63) is 46.3 Å². The van der Waals surface area contributed by atoms with Gasteiger partial charge in [0, 0.05) is 17.0 Å². The molecule has 4 atom stereocenters. The Labute approximate surface area is 188 Å². The van der Waals surface area contributed by atoms with E-state index in [1.165, 1.54) is 12.0 Å². The van der Waals surface area contributed by atoms with Gasteiger partial charge in [0.25, 0.3) is 0 Å². The number of benzene rings is 1. The summed E-state index contributed by atoms with van der Waals surface area (Å²) in [6.45, 7) is 1.17. The molecule has 0 radical (unpaired) electrons. The normalized spacial score (nSPS) is 37.2. The summed E-state index contributed by atoms with van der Waals surface area (Å²) in [4.78, 5) is 17.4. The van der Waals surface area contributed by atoms with Crippen molar-refractivity contribution in [3.63, 3.8) is 0 Å². The first-order valence-corrected chi connectivity index (χ1v) is 11.7. The van der Waals surface area contributed by atoms with Crippen LogP contribution in [-0.2, 0) is 16.1 Å². The third-order valence-corrected chi connectivity index (χ3v) is 7.97. The molecule has 32 heavy (non-hydrogen) atoms. The minimum atomic E-state index is -0.517. The van der Waals surface area contributed by atoms with Gasteiger partial charge in [-0.05, 0) is 67.9 Å². The van der Waals surface area contributed by atoms with Crippen LogP contribution in [0.3, 0.4) is 0 Å². The molecule has 0 aromatic heterocycles. The fraction of sp³-hybridized carbons (Fsp3) is 0.667. The number of ether oxygens (including phenoxy) is 1. The number of nitriles is 1. The van der Waals surface area contributed by atoms with Gasteiger partial charge in [-0.3, -0.25) is 4.79 Å². The first-order valence-electron chi connectivity index (χ1n) is 11.7. The SMILES string of the molecule is N#C[C@@H]1C[C@H](N=[N+]=[N-])CN1C(=O)CNC12CC3CC(C1)CC(OCc1ccccc1)(C3)C2. The van der Waals surface area contributed by atoms with Crippen LogP contribution in [0.25, 0.3) is 10.4 Å². The van der Waals surface area contributed by atoms with Crippen LogP contribution < -0.4 is 5.32 Å². The molecular weight excluding hydrogens is 404 g/mol. The summed E-state index contributed by atoms with van der Waals surface area (Å²) in [5.74, 6) is 1.20. The number of hydrogen-bond donors (Lipinski definition) is 1. The van der Waals surface area contributed by atoms with Crippen molar-refractivity contribution in [2.45, 2.75) is 74.8 Å². The van der Waals surface area contributed by atoms with E-state index in [9.17, 15) is 10.1 Å². The zero-order valence-corrected chi connectivity index (χ0v) is 18.3. The van der Waals surface area contributed by atoms with Gasteiger partial charge in [0.2, 0.25) is 5.91 Å². The van der Waals surface area contributed by atoms with Gasteiger partial charge in [0.1, 0.15) is 6.04 Å². The number of likely N-dealkylation sites (tertiary alicyclic amines) is 1. The first kappa shape index (κ1) is 21.3. The predicted molar refractivity (Wildman–Crippen MR) is 118 cm³/mol. The Morgan fingerprint density at radius 2 is 2.00 bits per heavy atom. The minimum absolute atomic E-state index is 0.0670. The van der Waals surface area contributed by atoms with Crippen molar-refractivity contribution >= 4 is 5.91 Å². The molecule has 1 aromatic carbocycles. The fourth-order valence-corrected chi connectivity index (χ4v) is 7.10. The topological polar surface area (TPSA) is 114 Å². The quantitative estimate of drug-likeness (QED) is 0.400. The summed E-state index contributed by atoms with van der Waals surface area (Å²) < 4.78 is 6.61. The van der Waals surface area contributed by atoms with Gasteiger partial charge < -0.3 is 15.0 Å².